The van der Waals surface area contributed by atoms with Crippen molar-refractivity contribution < 1.29 is 0 Å². The molecule has 0 bridgehead atoms. The fraction of sp³-hybridized carbons (Fsp3) is 0.125. The summed E-state index contributed by atoms with van der Waals surface area (Å²) in [6.07, 6.45) is 1.84. The highest BCUT2D eigenvalue weighted by atomic mass is 32.1. The number of nitrogens with one attached hydrogen (secondary N) is 1. The molecule has 20 heavy (non-hydrogen) atoms. The van der Waals surface area contributed by atoms with Gasteiger partial charge >= 0.3 is 0 Å². The van der Waals surface area contributed by atoms with E-state index < -0.39 is 0 Å². The van der Waals surface area contributed by atoms with Crippen molar-refractivity contribution in [3.05, 3.63) is 57.8 Å². The van der Waals surface area contributed by atoms with E-state index in [1.165, 1.54) is 16.5 Å². The van der Waals surface area contributed by atoms with Crippen LogP contribution in [0.4, 0.5) is 5.82 Å². The first kappa shape index (κ1) is 12.8. The molecular weight excluding hydrogens is 266 g/mol. The third-order valence-electron chi connectivity index (χ3n) is 3.19. The van der Waals surface area contributed by atoms with Gasteiger partial charge in [-0.1, -0.05) is 18.2 Å². The van der Waals surface area contributed by atoms with Gasteiger partial charge in [-0.2, -0.15) is 5.10 Å². The highest BCUT2D eigenvalue weighted by molar-refractivity contribution is 7.11. The predicted octanol–water partition coefficient (Wildman–Crippen LogP) is 4.36. The second-order valence-corrected chi connectivity index (χ2v) is 5.63. The molecule has 1 N–H and O–H groups in total. The number of aryl methyl sites for hydroxylation is 2. The molecule has 0 unspecified atom stereocenters. The van der Waals surface area contributed by atoms with Gasteiger partial charge in [0.2, 0.25) is 0 Å². The summed E-state index contributed by atoms with van der Waals surface area (Å²) in [5.41, 5.74) is 6.43. The standard InChI is InChI=1S/C16H15N3S/c1-11-7-8-20-15(11)10-17-19-16-9-12(2)13-5-3-4-6-14(13)18-16/h3-10H,1-2H3,(H,18,19)/b17-10+. The smallest absolute Gasteiger partial charge is 0.147 e. The number of hydrogen-bond acceptors (Lipinski definition) is 4. The van der Waals surface area contributed by atoms with Crippen LogP contribution in [0.25, 0.3) is 10.9 Å². The molecule has 100 valence electrons. The first-order valence-electron chi connectivity index (χ1n) is 6.43. The first-order chi connectivity index (χ1) is 9.74. The van der Waals surface area contributed by atoms with Crippen LogP contribution in [0.15, 0.2) is 46.9 Å². The molecule has 0 spiro atoms. The van der Waals surface area contributed by atoms with Gasteiger partial charge < -0.3 is 0 Å². The molecule has 0 aliphatic carbocycles. The van der Waals surface area contributed by atoms with Gasteiger partial charge in [-0.05, 0) is 48.6 Å². The minimum absolute atomic E-state index is 0.770. The van der Waals surface area contributed by atoms with Crippen LogP contribution < -0.4 is 5.43 Å². The Morgan fingerprint density at radius 3 is 2.80 bits per heavy atom. The second kappa shape index (κ2) is 5.43. The molecule has 0 saturated carbocycles. The fourth-order valence-electron chi connectivity index (χ4n) is 2.08. The Bertz CT molecular complexity index is 774. The number of thiophene rings is 1. The summed E-state index contributed by atoms with van der Waals surface area (Å²) in [5, 5.41) is 7.51. The van der Waals surface area contributed by atoms with Crippen LogP contribution in [0.3, 0.4) is 0 Å². The lowest BCUT2D eigenvalue weighted by molar-refractivity contribution is 1.25. The lowest BCUT2D eigenvalue weighted by atomic mass is 10.1. The molecule has 2 aromatic heterocycles. The number of hydrogen-bond donors (Lipinski definition) is 1. The van der Waals surface area contributed by atoms with Crippen LogP contribution >= 0.6 is 11.3 Å². The summed E-state index contributed by atoms with van der Waals surface area (Å²) in [4.78, 5) is 5.72. The van der Waals surface area contributed by atoms with Crippen molar-refractivity contribution in [2.45, 2.75) is 13.8 Å². The van der Waals surface area contributed by atoms with Crippen LogP contribution in [0, 0.1) is 13.8 Å². The number of fused-ring (bicyclic) bond motifs is 1. The Hall–Kier alpha value is -2.20. The van der Waals surface area contributed by atoms with E-state index in [-0.39, 0.29) is 0 Å². The Kier molecular flexibility index (Phi) is 3.48. The largest absolute Gasteiger partial charge is 0.261 e. The average molecular weight is 281 g/mol. The Labute approximate surface area is 122 Å². The Balaban J connectivity index is 1.85. The zero-order valence-corrected chi connectivity index (χ0v) is 12.2. The normalized spacial score (nSPS) is 11.3. The maximum Gasteiger partial charge on any atom is 0.147 e. The van der Waals surface area contributed by atoms with E-state index in [9.17, 15) is 0 Å². The van der Waals surface area contributed by atoms with Gasteiger partial charge in [0.25, 0.3) is 0 Å². The molecule has 0 amide bonds. The van der Waals surface area contributed by atoms with Gasteiger partial charge in [-0.3, -0.25) is 5.43 Å². The van der Waals surface area contributed by atoms with Crippen LogP contribution in [-0.4, -0.2) is 11.2 Å². The predicted molar refractivity (Wildman–Crippen MR) is 86.8 cm³/mol. The molecule has 1 aromatic carbocycles. The maximum absolute atomic E-state index is 4.56. The lowest BCUT2D eigenvalue weighted by Gasteiger charge is -2.05. The first-order valence-corrected chi connectivity index (χ1v) is 7.31. The summed E-state index contributed by atoms with van der Waals surface area (Å²) in [6, 6.07) is 12.2. The van der Waals surface area contributed by atoms with Gasteiger partial charge in [-0.15, -0.1) is 11.3 Å². The SMILES string of the molecule is Cc1ccsc1/C=N/Nc1cc(C)c2ccccc2n1. The van der Waals surface area contributed by atoms with Crippen molar-refractivity contribution >= 4 is 34.3 Å². The van der Waals surface area contributed by atoms with E-state index in [0.29, 0.717) is 0 Å². The van der Waals surface area contributed by atoms with Gasteiger partial charge in [0.05, 0.1) is 11.7 Å². The number of nitrogens with zero attached hydrogens (tertiary/aromatic N) is 2. The minimum Gasteiger partial charge on any atom is -0.261 e. The van der Waals surface area contributed by atoms with E-state index >= 15 is 0 Å². The third kappa shape index (κ3) is 2.56. The van der Waals surface area contributed by atoms with Crippen LogP contribution in [0.5, 0.6) is 0 Å². The summed E-state index contributed by atoms with van der Waals surface area (Å²) in [6.45, 7) is 4.17. The van der Waals surface area contributed by atoms with E-state index in [2.05, 4.69) is 46.9 Å². The van der Waals surface area contributed by atoms with Crippen molar-refractivity contribution in [3.63, 3.8) is 0 Å². The Morgan fingerprint density at radius 1 is 1.15 bits per heavy atom. The van der Waals surface area contributed by atoms with Gasteiger partial charge in [-0.25, -0.2) is 4.98 Å². The van der Waals surface area contributed by atoms with Crippen molar-refractivity contribution in [3.8, 4) is 0 Å². The maximum atomic E-state index is 4.56. The number of rotatable bonds is 3. The molecule has 0 aliphatic rings. The Morgan fingerprint density at radius 2 is 2.00 bits per heavy atom. The highest BCUT2D eigenvalue weighted by Gasteiger charge is 2.01. The average Bonchev–Trinajstić information content (AvgIpc) is 2.85. The summed E-state index contributed by atoms with van der Waals surface area (Å²) < 4.78 is 0. The number of aromatic nitrogens is 1. The van der Waals surface area contributed by atoms with Crippen LogP contribution in [0.1, 0.15) is 16.0 Å². The molecule has 2 heterocycles. The van der Waals surface area contributed by atoms with Crippen LogP contribution in [-0.2, 0) is 0 Å². The monoisotopic (exact) mass is 281 g/mol. The van der Waals surface area contributed by atoms with Gasteiger partial charge in [0.15, 0.2) is 0 Å². The van der Waals surface area contributed by atoms with Gasteiger partial charge in [0.1, 0.15) is 5.82 Å². The number of anilines is 1. The molecular formula is C16H15N3S. The quantitative estimate of drug-likeness (QED) is 0.572. The van der Waals surface area contributed by atoms with Gasteiger partial charge in [0, 0.05) is 10.3 Å². The molecule has 0 saturated heterocycles. The molecule has 0 fully saturated rings. The number of hydrazone groups is 1. The van der Waals surface area contributed by atoms with E-state index in [0.717, 1.165) is 16.2 Å². The molecule has 3 rings (SSSR count). The minimum atomic E-state index is 0.770. The van der Waals surface area contributed by atoms with Crippen molar-refractivity contribution in [1.82, 2.24) is 4.98 Å². The number of pyridine rings is 1. The summed E-state index contributed by atoms with van der Waals surface area (Å²) in [7, 11) is 0. The zero-order chi connectivity index (χ0) is 13.9. The van der Waals surface area contributed by atoms with E-state index in [4.69, 9.17) is 0 Å². The molecule has 3 nitrogen and oxygen atoms in total. The highest BCUT2D eigenvalue weighted by Crippen LogP contribution is 2.19. The summed E-state index contributed by atoms with van der Waals surface area (Å²) in [5.74, 6) is 0.770. The van der Waals surface area contributed by atoms with E-state index in [1.807, 2.05) is 30.5 Å². The fourth-order valence-corrected chi connectivity index (χ4v) is 2.87. The third-order valence-corrected chi connectivity index (χ3v) is 4.14. The van der Waals surface area contributed by atoms with E-state index in [1.54, 1.807) is 11.3 Å². The van der Waals surface area contributed by atoms with Crippen molar-refractivity contribution in [1.29, 1.82) is 0 Å². The molecule has 0 atom stereocenters. The zero-order valence-electron chi connectivity index (χ0n) is 11.4. The summed E-state index contributed by atoms with van der Waals surface area (Å²) >= 11 is 1.68. The van der Waals surface area contributed by atoms with Crippen molar-refractivity contribution in [2.24, 2.45) is 5.10 Å². The number of benzene rings is 1. The second-order valence-electron chi connectivity index (χ2n) is 4.68. The van der Waals surface area contributed by atoms with Crippen LogP contribution in [0.2, 0.25) is 0 Å². The van der Waals surface area contributed by atoms with Crippen molar-refractivity contribution in [2.75, 3.05) is 5.43 Å². The molecule has 0 radical (unpaired) electrons. The molecule has 4 heteroatoms. The molecule has 0 aliphatic heterocycles. The number of para-hydroxylation sites is 1. The topological polar surface area (TPSA) is 37.3 Å². The molecule has 3 aromatic rings. The lowest BCUT2D eigenvalue weighted by Crippen LogP contribution is -1.95.